The average Bonchev–Trinajstić information content (AvgIpc) is 2.51. The van der Waals surface area contributed by atoms with Crippen molar-refractivity contribution in [2.75, 3.05) is 27.4 Å². The van der Waals surface area contributed by atoms with E-state index in [0.717, 1.165) is 13.2 Å². The van der Waals surface area contributed by atoms with Crippen molar-refractivity contribution < 1.29 is 9.42 Å². The molecule has 14 heavy (non-hydrogen) atoms. The maximum atomic E-state index is 8.39. The summed E-state index contributed by atoms with van der Waals surface area (Å²) in [6, 6.07) is 0. The molecule has 0 aliphatic carbocycles. The zero-order valence-electron chi connectivity index (χ0n) is 8.62. The monoisotopic (exact) mass is 256 g/mol. The van der Waals surface area contributed by atoms with E-state index in [1.54, 1.807) is 0 Å². The Morgan fingerprint density at radius 2 is 2.14 bits per heavy atom. The Labute approximate surface area is 95.9 Å². The third-order valence-electron chi connectivity index (χ3n) is 1.58. The number of hydrogen-bond donors (Lipinski definition) is 2. The van der Waals surface area contributed by atoms with Crippen LogP contribution in [0.25, 0.3) is 0 Å². The second kappa shape index (κ2) is 6.69. The highest BCUT2D eigenvalue weighted by molar-refractivity contribution is 8.59. The molecule has 0 radical (unpaired) electrons. The van der Waals surface area contributed by atoms with Crippen LogP contribution in [0.1, 0.15) is 6.92 Å². The first-order chi connectivity index (χ1) is 6.39. The van der Waals surface area contributed by atoms with Gasteiger partial charge in [0.25, 0.3) is 0 Å². The molecule has 0 aromatic carbocycles. The molecule has 1 aliphatic heterocycles. The lowest BCUT2D eigenvalue weighted by molar-refractivity contribution is 0.308. The van der Waals surface area contributed by atoms with Gasteiger partial charge in [0.05, 0.1) is 6.67 Å². The summed E-state index contributed by atoms with van der Waals surface area (Å²) in [4.78, 5) is 12.8. The Morgan fingerprint density at radius 3 is 2.29 bits per heavy atom. The zero-order chi connectivity index (χ0) is 11.2. The van der Waals surface area contributed by atoms with E-state index in [2.05, 4.69) is 64.8 Å². The molecule has 7 heteroatoms. The molecule has 0 amide bonds. The molecule has 1 N–H and O–H groups in total. The first-order valence-corrected chi connectivity index (χ1v) is 7.95. The Morgan fingerprint density at radius 1 is 1.64 bits per heavy atom. The zero-order valence-corrected chi connectivity index (χ0v) is 11.2. The molecule has 1 rings (SSSR count). The molecule has 4 nitrogen and oxygen atoms in total. The van der Waals surface area contributed by atoms with Gasteiger partial charge in [0.2, 0.25) is 5.69 Å². The van der Waals surface area contributed by atoms with Crippen LogP contribution in [0.3, 0.4) is 0 Å². The second-order valence-corrected chi connectivity index (χ2v) is 8.04. The highest BCUT2D eigenvalue weighted by Gasteiger charge is 2.03. The van der Waals surface area contributed by atoms with Crippen molar-refractivity contribution in [2.45, 2.75) is 6.92 Å². The van der Waals surface area contributed by atoms with Crippen molar-refractivity contribution in [1.82, 2.24) is 9.80 Å². The van der Waals surface area contributed by atoms with Gasteiger partial charge in [-0.2, -0.15) is 0 Å². The average molecular weight is 256 g/mol. The lowest BCUT2D eigenvalue weighted by Crippen LogP contribution is -2.21. The van der Waals surface area contributed by atoms with Gasteiger partial charge >= 0.3 is 0 Å². The van der Waals surface area contributed by atoms with E-state index in [-0.39, 0.29) is 0 Å². The lowest BCUT2D eigenvalue weighted by atomic mass is 10.6. The predicted octanol–water partition coefficient (Wildman–Crippen LogP) is 1.46. The third kappa shape index (κ3) is 7.64. The highest BCUT2D eigenvalue weighted by atomic mass is 32.9. The molecule has 0 fully saturated rings. The number of rotatable bonds is 2. The van der Waals surface area contributed by atoms with Crippen molar-refractivity contribution in [3.63, 3.8) is 0 Å². The summed E-state index contributed by atoms with van der Waals surface area (Å²) in [5.74, 6) is 0. The fourth-order valence-corrected chi connectivity index (χ4v) is 0.794. The molecule has 84 valence electrons. The van der Waals surface area contributed by atoms with E-state index in [1.807, 2.05) is 0 Å². The molecule has 1 unspecified atom stereocenters. The fraction of sp³-hybridized carbons (Fsp3) is 0.714. The smallest absolute Gasteiger partial charge is 0.241 e. The van der Waals surface area contributed by atoms with Crippen LogP contribution in [0.2, 0.25) is 0 Å². The normalized spacial score (nSPS) is 18.9. The molecule has 1 aliphatic rings. The molecule has 0 bridgehead atoms. The molecule has 0 spiro atoms. The first kappa shape index (κ1) is 14.3. The van der Waals surface area contributed by atoms with Crippen molar-refractivity contribution in [3.05, 3.63) is 12.4 Å². The molecule has 1 heterocycles. The summed E-state index contributed by atoms with van der Waals surface area (Å²) in [5.41, 5.74) is -2.62. The number of nitrogens with zero attached hydrogens (tertiary/aromatic N) is 2. The van der Waals surface area contributed by atoms with E-state index in [0.29, 0.717) is 0 Å². The Kier molecular flexibility index (Phi) is 6.81. The number of hydrogen-bond acceptors (Lipinski definition) is 4. The summed E-state index contributed by atoms with van der Waals surface area (Å²) >= 11 is 7.81. The Bertz CT molecular complexity index is 232. The topological polar surface area (TPSA) is 35.9 Å². The van der Waals surface area contributed by atoms with Gasteiger partial charge < -0.3 is 19.2 Å². The van der Waals surface area contributed by atoms with Gasteiger partial charge in [-0.25, -0.2) is 0 Å². The van der Waals surface area contributed by atoms with Crippen LogP contribution < -0.4 is 0 Å². The lowest BCUT2D eigenvalue weighted by Gasteiger charge is -2.14. The van der Waals surface area contributed by atoms with Gasteiger partial charge in [0, 0.05) is 33.1 Å². The predicted molar refractivity (Wildman–Crippen MR) is 66.6 cm³/mol. The van der Waals surface area contributed by atoms with E-state index in [1.165, 1.54) is 7.11 Å². The van der Waals surface area contributed by atoms with Gasteiger partial charge in [-0.3, -0.25) is 0 Å². The minimum Gasteiger partial charge on any atom is -0.362 e. The second-order valence-electron chi connectivity index (χ2n) is 2.77. The van der Waals surface area contributed by atoms with E-state index < -0.39 is 5.69 Å². The summed E-state index contributed by atoms with van der Waals surface area (Å²) in [5, 5.41) is 0. The quantitative estimate of drug-likeness (QED) is 0.578. The molecular weight excluding hydrogens is 239 g/mol. The molecule has 0 saturated carbocycles. The molecule has 1 atom stereocenters. The maximum absolute atomic E-state index is 8.39. The summed E-state index contributed by atoms with van der Waals surface area (Å²) in [6.07, 6.45) is 4.20. The minimum absolute atomic E-state index is 1.05. The molecule has 0 aromatic rings. The minimum atomic E-state index is -2.62. The Balaban J connectivity index is 0.000000255. The van der Waals surface area contributed by atoms with Gasteiger partial charge in [-0.05, 0) is 18.7 Å². The van der Waals surface area contributed by atoms with E-state index in [9.17, 15) is 0 Å². The van der Waals surface area contributed by atoms with Crippen LogP contribution in [-0.2, 0) is 16.3 Å². The standard InChI is InChI=1S/C6H12N2.CH5O2PS2/c1-3-8-5-4-7(2)6-8;1-3-4(2,5)6/h4-5H,3,6H2,1-2H3;1H3,(H2,2,5,6). The largest absolute Gasteiger partial charge is 0.362 e. The summed E-state index contributed by atoms with van der Waals surface area (Å²) in [6.45, 7) is 4.32. The molecular formula is C7H17N2O2PS2. The van der Waals surface area contributed by atoms with E-state index >= 15 is 0 Å². The molecule has 0 saturated heterocycles. The van der Waals surface area contributed by atoms with Crippen molar-refractivity contribution >= 4 is 29.7 Å². The van der Waals surface area contributed by atoms with Crippen molar-refractivity contribution in [1.29, 1.82) is 0 Å². The SMILES string of the molecule is CCN1C=CN(C)C1.COP(O)(=S)S. The van der Waals surface area contributed by atoms with Gasteiger partial charge in [-0.1, -0.05) is 12.2 Å². The van der Waals surface area contributed by atoms with Crippen LogP contribution in [0.4, 0.5) is 0 Å². The maximum Gasteiger partial charge on any atom is 0.241 e. The van der Waals surface area contributed by atoms with E-state index in [4.69, 9.17) is 4.89 Å². The third-order valence-corrected chi connectivity index (χ3v) is 2.99. The van der Waals surface area contributed by atoms with Crippen molar-refractivity contribution in [2.24, 2.45) is 0 Å². The van der Waals surface area contributed by atoms with Crippen LogP contribution in [0.15, 0.2) is 12.4 Å². The van der Waals surface area contributed by atoms with Gasteiger partial charge in [0.1, 0.15) is 0 Å². The van der Waals surface area contributed by atoms with Crippen molar-refractivity contribution in [3.8, 4) is 0 Å². The summed E-state index contributed by atoms with van der Waals surface area (Å²) in [7, 11) is 3.40. The summed E-state index contributed by atoms with van der Waals surface area (Å²) < 4.78 is 4.28. The van der Waals surface area contributed by atoms with Crippen LogP contribution in [0, 0.1) is 0 Å². The Hall–Kier alpha value is 0.260. The van der Waals surface area contributed by atoms with Crippen LogP contribution in [0.5, 0.6) is 0 Å². The van der Waals surface area contributed by atoms with Gasteiger partial charge in [-0.15, -0.1) is 0 Å². The fourth-order valence-electron chi connectivity index (χ4n) is 0.794. The first-order valence-electron chi connectivity index (χ1n) is 4.13. The van der Waals surface area contributed by atoms with Crippen LogP contribution >= 0.6 is 17.9 Å². The van der Waals surface area contributed by atoms with Gasteiger partial charge in [0.15, 0.2) is 0 Å². The number of thiol groups is 1. The van der Waals surface area contributed by atoms with Crippen LogP contribution in [-0.4, -0.2) is 42.1 Å². The molecule has 0 aromatic heterocycles. The highest BCUT2D eigenvalue weighted by Crippen LogP contribution is 2.45.